The molecule has 11 heteroatoms. The minimum atomic E-state index is -3.64. The van der Waals surface area contributed by atoms with Gasteiger partial charge >= 0.3 is 0 Å². The number of aryl methyl sites for hydroxylation is 1. The van der Waals surface area contributed by atoms with Crippen molar-refractivity contribution < 1.29 is 22.4 Å². The fourth-order valence-electron chi connectivity index (χ4n) is 2.73. The summed E-state index contributed by atoms with van der Waals surface area (Å²) in [6.45, 7) is 1.72. The molecule has 3 rings (SSSR count). The summed E-state index contributed by atoms with van der Waals surface area (Å²) in [7, 11) is -3.64. The van der Waals surface area contributed by atoms with Gasteiger partial charge in [0.25, 0.3) is 11.8 Å². The van der Waals surface area contributed by atoms with Gasteiger partial charge in [-0.2, -0.15) is 0 Å². The third-order valence-corrected chi connectivity index (χ3v) is 6.32. The van der Waals surface area contributed by atoms with Crippen LogP contribution in [0, 0.1) is 12.7 Å². The predicted octanol–water partition coefficient (Wildman–Crippen LogP) is 4.14. The first kappa shape index (κ1) is 22.9. The number of halogens is 2. The van der Waals surface area contributed by atoms with E-state index in [2.05, 4.69) is 10.6 Å². The highest BCUT2D eigenvalue weighted by atomic mass is 35.5. The minimum Gasteiger partial charge on any atom is -0.321 e. The standard InChI is InChI=1S/C20H17ClFN3O4S2/c1-11-8-17(25-19(26)15-7-4-13(22)9-16(15)21)30-18(11)20(27)24-14-5-2-12(3-6-14)10-31(23,28)29/h2-9H,10H2,1H3,(H,24,27)(H,25,26)(H2,23,28,29). The average molecular weight is 482 g/mol. The molecule has 0 aliphatic heterocycles. The average Bonchev–Trinajstić information content (AvgIpc) is 3.02. The van der Waals surface area contributed by atoms with Crippen LogP contribution in [0.25, 0.3) is 0 Å². The number of benzene rings is 2. The van der Waals surface area contributed by atoms with Gasteiger partial charge in [-0.3, -0.25) is 9.59 Å². The maximum absolute atomic E-state index is 13.2. The zero-order valence-corrected chi connectivity index (χ0v) is 18.5. The number of hydrogen-bond acceptors (Lipinski definition) is 5. The van der Waals surface area contributed by atoms with Gasteiger partial charge in [-0.15, -0.1) is 11.3 Å². The molecular weight excluding hydrogens is 465 g/mol. The molecule has 162 valence electrons. The van der Waals surface area contributed by atoms with Crippen molar-refractivity contribution in [2.24, 2.45) is 5.14 Å². The zero-order valence-electron chi connectivity index (χ0n) is 16.1. The van der Waals surface area contributed by atoms with Crippen LogP contribution in [0.3, 0.4) is 0 Å². The normalized spacial score (nSPS) is 11.2. The lowest BCUT2D eigenvalue weighted by atomic mass is 10.2. The third kappa shape index (κ3) is 6.11. The lowest BCUT2D eigenvalue weighted by Gasteiger charge is -2.06. The number of carbonyl (C=O) groups excluding carboxylic acids is 2. The van der Waals surface area contributed by atoms with E-state index in [1.807, 2.05) is 0 Å². The zero-order chi connectivity index (χ0) is 22.8. The first-order chi connectivity index (χ1) is 14.5. The van der Waals surface area contributed by atoms with E-state index in [4.69, 9.17) is 16.7 Å². The van der Waals surface area contributed by atoms with Gasteiger partial charge in [-0.1, -0.05) is 23.7 Å². The van der Waals surface area contributed by atoms with Gasteiger partial charge in [0.05, 0.1) is 26.2 Å². The Labute approximate surface area is 187 Å². The first-order valence-electron chi connectivity index (χ1n) is 8.79. The molecule has 0 aliphatic rings. The van der Waals surface area contributed by atoms with E-state index in [9.17, 15) is 22.4 Å². The number of primary sulfonamides is 1. The second-order valence-electron chi connectivity index (χ2n) is 6.66. The summed E-state index contributed by atoms with van der Waals surface area (Å²) in [6, 6.07) is 11.3. The number of hydrogen-bond donors (Lipinski definition) is 3. The van der Waals surface area contributed by atoms with Gasteiger partial charge in [0.2, 0.25) is 10.0 Å². The van der Waals surface area contributed by atoms with Crippen LogP contribution >= 0.6 is 22.9 Å². The van der Waals surface area contributed by atoms with Crippen molar-refractivity contribution in [1.82, 2.24) is 0 Å². The fraction of sp³-hybridized carbons (Fsp3) is 0.100. The molecule has 3 aromatic rings. The van der Waals surface area contributed by atoms with Gasteiger partial charge in [0.1, 0.15) is 5.82 Å². The molecule has 1 aromatic heterocycles. The molecule has 0 aliphatic carbocycles. The monoisotopic (exact) mass is 481 g/mol. The molecule has 2 amide bonds. The van der Waals surface area contributed by atoms with Crippen molar-refractivity contribution >= 4 is 55.5 Å². The molecule has 0 spiro atoms. The highest BCUT2D eigenvalue weighted by molar-refractivity contribution is 7.88. The Bertz CT molecular complexity index is 1260. The highest BCUT2D eigenvalue weighted by Gasteiger charge is 2.17. The molecule has 1 heterocycles. The van der Waals surface area contributed by atoms with E-state index in [0.29, 0.717) is 26.7 Å². The number of carbonyl (C=O) groups is 2. The highest BCUT2D eigenvalue weighted by Crippen LogP contribution is 2.29. The molecule has 4 N–H and O–H groups in total. The van der Waals surface area contributed by atoms with Gasteiger partial charge in [-0.25, -0.2) is 17.9 Å². The molecule has 7 nitrogen and oxygen atoms in total. The van der Waals surface area contributed by atoms with Crippen molar-refractivity contribution in [2.75, 3.05) is 10.6 Å². The van der Waals surface area contributed by atoms with E-state index in [1.165, 1.54) is 6.07 Å². The molecule has 0 radical (unpaired) electrons. The van der Waals surface area contributed by atoms with E-state index in [1.54, 1.807) is 37.3 Å². The van der Waals surface area contributed by atoms with Crippen LogP contribution in [0.5, 0.6) is 0 Å². The lowest BCUT2D eigenvalue weighted by Crippen LogP contribution is -2.14. The van der Waals surface area contributed by atoms with Crippen molar-refractivity contribution in [2.45, 2.75) is 12.7 Å². The Morgan fingerprint density at radius 1 is 1.06 bits per heavy atom. The van der Waals surface area contributed by atoms with Crippen LogP contribution in [0.15, 0.2) is 48.5 Å². The van der Waals surface area contributed by atoms with Gasteiger partial charge in [0, 0.05) is 5.69 Å². The molecule has 0 bridgehead atoms. The number of rotatable bonds is 6. The number of sulfonamides is 1. The van der Waals surface area contributed by atoms with Crippen LogP contribution in [0.1, 0.15) is 31.2 Å². The molecule has 0 fully saturated rings. The molecule has 0 atom stereocenters. The van der Waals surface area contributed by atoms with Crippen LogP contribution in [0.2, 0.25) is 5.02 Å². The van der Waals surface area contributed by atoms with E-state index >= 15 is 0 Å². The number of nitrogens with two attached hydrogens (primary N) is 1. The first-order valence-corrected chi connectivity index (χ1v) is 11.7. The molecule has 0 unspecified atom stereocenters. The Kier molecular flexibility index (Phi) is 6.75. The van der Waals surface area contributed by atoms with Crippen LogP contribution in [-0.4, -0.2) is 20.2 Å². The van der Waals surface area contributed by atoms with Crippen molar-refractivity contribution in [3.63, 3.8) is 0 Å². The number of nitrogens with one attached hydrogen (secondary N) is 2. The Balaban J connectivity index is 1.70. The quantitative estimate of drug-likeness (QED) is 0.490. The smallest absolute Gasteiger partial charge is 0.266 e. The van der Waals surface area contributed by atoms with Crippen LogP contribution in [0.4, 0.5) is 15.1 Å². The Hall–Kier alpha value is -2.79. The summed E-state index contributed by atoms with van der Waals surface area (Å²) in [6.07, 6.45) is 0. The lowest BCUT2D eigenvalue weighted by molar-refractivity contribution is 0.102. The van der Waals surface area contributed by atoms with Gasteiger partial charge in [0.15, 0.2) is 0 Å². The summed E-state index contributed by atoms with van der Waals surface area (Å²) in [5, 5.41) is 10.8. The summed E-state index contributed by atoms with van der Waals surface area (Å²) < 4.78 is 35.5. The molecule has 2 aromatic carbocycles. The summed E-state index contributed by atoms with van der Waals surface area (Å²) >= 11 is 6.99. The summed E-state index contributed by atoms with van der Waals surface area (Å²) in [4.78, 5) is 25.4. The summed E-state index contributed by atoms with van der Waals surface area (Å²) in [5.74, 6) is -1.76. The third-order valence-electron chi connectivity index (χ3n) is 4.12. The fourth-order valence-corrected chi connectivity index (χ4v) is 4.60. The Morgan fingerprint density at radius 2 is 1.74 bits per heavy atom. The topological polar surface area (TPSA) is 118 Å². The summed E-state index contributed by atoms with van der Waals surface area (Å²) in [5.41, 5.74) is 1.73. The van der Waals surface area contributed by atoms with Gasteiger partial charge in [-0.05, 0) is 54.4 Å². The molecular formula is C20H17ClFN3O4S2. The van der Waals surface area contributed by atoms with Crippen LogP contribution < -0.4 is 15.8 Å². The SMILES string of the molecule is Cc1cc(NC(=O)c2ccc(F)cc2Cl)sc1C(=O)Nc1ccc(CS(N)(=O)=O)cc1. The van der Waals surface area contributed by atoms with Crippen molar-refractivity contribution in [3.8, 4) is 0 Å². The molecule has 0 saturated heterocycles. The van der Waals surface area contributed by atoms with Crippen LogP contribution in [-0.2, 0) is 15.8 Å². The molecule has 31 heavy (non-hydrogen) atoms. The molecule has 0 saturated carbocycles. The minimum absolute atomic E-state index is 0.0189. The predicted molar refractivity (Wildman–Crippen MR) is 120 cm³/mol. The second-order valence-corrected chi connectivity index (χ2v) is 9.73. The number of anilines is 2. The van der Waals surface area contributed by atoms with Gasteiger partial charge < -0.3 is 10.6 Å². The second kappa shape index (κ2) is 9.15. The van der Waals surface area contributed by atoms with E-state index < -0.39 is 21.7 Å². The maximum Gasteiger partial charge on any atom is 0.266 e. The maximum atomic E-state index is 13.2. The number of amides is 2. The van der Waals surface area contributed by atoms with E-state index in [-0.39, 0.29) is 22.2 Å². The Morgan fingerprint density at radius 3 is 2.35 bits per heavy atom. The number of thiophene rings is 1. The van der Waals surface area contributed by atoms with Crippen molar-refractivity contribution in [3.05, 3.63) is 80.9 Å². The van der Waals surface area contributed by atoms with Crippen molar-refractivity contribution in [1.29, 1.82) is 0 Å². The van der Waals surface area contributed by atoms with E-state index in [0.717, 1.165) is 23.5 Å². The largest absolute Gasteiger partial charge is 0.321 e.